The fraction of sp³-hybridized carbons (Fsp3) is 0.154. The van der Waals surface area contributed by atoms with E-state index >= 15 is 0 Å². The molecule has 2 heterocycles. The van der Waals surface area contributed by atoms with E-state index in [1.54, 1.807) is 30.3 Å². The van der Waals surface area contributed by atoms with E-state index in [9.17, 15) is 9.59 Å². The van der Waals surface area contributed by atoms with Crippen molar-refractivity contribution < 1.29 is 9.59 Å². The van der Waals surface area contributed by atoms with Crippen molar-refractivity contribution in [3.05, 3.63) is 82.9 Å². The fourth-order valence-electron chi connectivity index (χ4n) is 3.94. The van der Waals surface area contributed by atoms with Crippen LogP contribution in [0.25, 0.3) is 0 Å². The van der Waals surface area contributed by atoms with E-state index < -0.39 is 12.1 Å². The number of nitrogens with zero attached hydrogens (tertiary/aromatic N) is 2. The number of amides is 4. The Morgan fingerprint density at radius 1 is 0.667 bits per heavy atom. The van der Waals surface area contributed by atoms with Gasteiger partial charge in [0.2, 0.25) is 0 Å². The topological polar surface area (TPSA) is 131 Å². The van der Waals surface area contributed by atoms with Crippen molar-refractivity contribution >= 4 is 82.9 Å². The number of rotatable bonds is 6. The van der Waals surface area contributed by atoms with Crippen LogP contribution in [-0.2, 0) is 0 Å². The maximum absolute atomic E-state index is 12.5. The van der Waals surface area contributed by atoms with Crippen molar-refractivity contribution in [2.24, 2.45) is 9.98 Å². The number of nitrogens with one attached hydrogen (secondary N) is 6. The standard InChI is InChI=1S/C26H25ClN8O2.2ClH/c27-21-15-20(34-25(36)32-18-5-1-3-16(13-18)23-28-9-10-29-23)7-8-22(21)35-26(37)33-19-6-2-4-17(14-19)24-30-11-12-31-24;;/h1-8,13-15H,9-12H2,(H,28,29)(H,30,31)(H2,32,34,36)(H2,33,35,37);2*1H. The Kier molecular flexibility index (Phi) is 10.4. The Hall–Kier alpha value is -3.99. The number of amidine groups is 2. The molecular formula is C26H27Cl3N8O2. The highest BCUT2D eigenvalue weighted by Gasteiger charge is 2.12. The number of anilines is 4. The summed E-state index contributed by atoms with van der Waals surface area (Å²) in [6.45, 7) is 3.09. The highest BCUT2D eigenvalue weighted by atomic mass is 35.5. The molecule has 39 heavy (non-hydrogen) atoms. The van der Waals surface area contributed by atoms with E-state index in [4.69, 9.17) is 11.6 Å². The van der Waals surface area contributed by atoms with Crippen molar-refractivity contribution in [3.63, 3.8) is 0 Å². The quantitative estimate of drug-likeness (QED) is 0.237. The molecule has 0 fully saturated rings. The SMILES string of the molecule is Cl.Cl.O=C(Nc1cccc(C2=NCCN2)c1)Nc1ccc(NC(=O)Nc2cccc(C3=NCCN3)c2)c(Cl)c1. The molecule has 0 aromatic heterocycles. The summed E-state index contributed by atoms with van der Waals surface area (Å²) >= 11 is 6.37. The molecule has 0 saturated carbocycles. The van der Waals surface area contributed by atoms with E-state index in [0.29, 0.717) is 22.7 Å². The predicted molar refractivity (Wildman–Crippen MR) is 163 cm³/mol. The number of urea groups is 2. The number of hydrogen-bond donors (Lipinski definition) is 6. The van der Waals surface area contributed by atoms with E-state index in [0.717, 1.165) is 49.0 Å². The van der Waals surface area contributed by atoms with Gasteiger partial charge in [-0.2, -0.15) is 0 Å². The third-order valence-corrected chi connectivity index (χ3v) is 5.92. The monoisotopic (exact) mass is 588 g/mol. The molecule has 4 amide bonds. The molecule has 2 aliphatic rings. The Morgan fingerprint density at radius 2 is 1.15 bits per heavy atom. The lowest BCUT2D eigenvalue weighted by atomic mass is 10.2. The smallest absolute Gasteiger partial charge is 0.323 e. The van der Waals surface area contributed by atoms with E-state index in [2.05, 4.69) is 41.9 Å². The van der Waals surface area contributed by atoms with Gasteiger partial charge in [-0.05, 0) is 42.5 Å². The number of hydrogen-bond acceptors (Lipinski definition) is 6. The van der Waals surface area contributed by atoms with Crippen LogP contribution in [0, 0.1) is 0 Å². The summed E-state index contributed by atoms with van der Waals surface area (Å²) in [5.74, 6) is 1.63. The summed E-state index contributed by atoms with van der Waals surface area (Å²) in [7, 11) is 0. The van der Waals surface area contributed by atoms with Gasteiger partial charge in [-0.3, -0.25) is 9.98 Å². The lowest BCUT2D eigenvalue weighted by molar-refractivity contribution is 0.261. The normalized spacial score (nSPS) is 13.4. The van der Waals surface area contributed by atoms with Crippen LogP contribution in [0.1, 0.15) is 11.1 Å². The van der Waals surface area contributed by atoms with Crippen LogP contribution in [0.15, 0.2) is 76.7 Å². The number of benzene rings is 3. The molecule has 0 atom stereocenters. The van der Waals surface area contributed by atoms with Gasteiger partial charge < -0.3 is 31.9 Å². The van der Waals surface area contributed by atoms with Crippen molar-refractivity contribution in [1.82, 2.24) is 10.6 Å². The van der Waals surface area contributed by atoms with Gasteiger partial charge in [0.1, 0.15) is 11.7 Å². The summed E-state index contributed by atoms with van der Waals surface area (Å²) in [6.07, 6.45) is 0. The van der Waals surface area contributed by atoms with E-state index in [-0.39, 0.29) is 29.8 Å². The average molecular weight is 590 g/mol. The summed E-state index contributed by atoms with van der Waals surface area (Å²) in [6, 6.07) is 18.8. The van der Waals surface area contributed by atoms with E-state index in [1.807, 2.05) is 36.4 Å². The second-order valence-corrected chi connectivity index (χ2v) is 8.74. The largest absolute Gasteiger partial charge is 0.368 e. The predicted octanol–water partition coefficient (Wildman–Crippen LogP) is 5.17. The summed E-state index contributed by atoms with van der Waals surface area (Å²) in [4.78, 5) is 33.8. The third-order valence-electron chi connectivity index (χ3n) is 5.61. The summed E-state index contributed by atoms with van der Waals surface area (Å²) < 4.78 is 0. The summed E-state index contributed by atoms with van der Waals surface area (Å²) in [5.41, 5.74) is 3.94. The first-order valence-electron chi connectivity index (χ1n) is 11.8. The van der Waals surface area contributed by atoms with Gasteiger partial charge in [0.25, 0.3) is 0 Å². The molecule has 3 aromatic carbocycles. The molecule has 2 aliphatic heterocycles. The number of aliphatic imine (C=N–C) groups is 2. The maximum atomic E-state index is 12.5. The lowest BCUT2D eigenvalue weighted by Gasteiger charge is -2.12. The van der Waals surface area contributed by atoms with Crippen molar-refractivity contribution in [1.29, 1.82) is 0 Å². The van der Waals surface area contributed by atoms with Gasteiger partial charge >= 0.3 is 12.1 Å². The number of halogens is 3. The highest BCUT2D eigenvalue weighted by molar-refractivity contribution is 6.34. The Bertz CT molecular complexity index is 1410. The summed E-state index contributed by atoms with van der Waals surface area (Å²) in [5, 5.41) is 17.8. The van der Waals surface area contributed by atoms with Crippen LogP contribution in [-0.4, -0.2) is 49.9 Å². The Labute approximate surface area is 242 Å². The molecule has 5 rings (SSSR count). The zero-order valence-corrected chi connectivity index (χ0v) is 23.0. The lowest BCUT2D eigenvalue weighted by Crippen LogP contribution is -2.22. The highest BCUT2D eigenvalue weighted by Crippen LogP contribution is 2.26. The molecule has 6 N–H and O–H groups in total. The molecule has 0 saturated heterocycles. The molecule has 13 heteroatoms. The first-order valence-corrected chi connectivity index (χ1v) is 12.1. The zero-order valence-electron chi connectivity index (χ0n) is 20.6. The van der Waals surface area contributed by atoms with Gasteiger partial charge in [0.15, 0.2) is 0 Å². The first kappa shape index (κ1) is 29.6. The molecule has 10 nitrogen and oxygen atoms in total. The van der Waals surface area contributed by atoms with Crippen LogP contribution < -0.4 is 31.9 Å². The van der Waals surface area contributed by atoms with Crippen molar-refractivity contribution in [3.8, 4) is 0 Å². The first-order chi connectivity index (χ1) is 18.0. The second-order valence-electron chi connectivity index (χ2n) is 8.33. The van der Waals surface area contributed by atoms with Gasteiger partial charge in [0, 0.05) is 41.3 Å². The third kappa shape index (κ3) is 7.76. The molecule has 0 spiro atoms. The zero-order chi connectivity index (χ0) is 25.6. The average Bonchev–Trinajstić information content (AvgIpc) is 3.61. The molecule has 0 aliphatic carbocycles. The fourth-order valence-corrected chi connectivity index (χ4v) is 4.17. The van der Waals surface area contributed by atoms with Gasteiger partial charge in [-0.25, -0.2) is 9.59 Å². The molecular weight excluding hydrogens is 563 g/mol. The Balaban J connectivity index is 0.00000210. The second kappa shape index (κ2) is 13.7. The molecule has 0 bridgehead atoms. The van der Waals surface area contributed by atoms with Crippen LogP contribution >= 0.6 is 36.4 Å². The number of carbonyl (C=O) groups excluding carboxylic acids is 2. The van der Waals surface area contributed by atoms with Gasteiger partial charge in [0.05, 0.1) is 23.8 Å². The van der Waals surface area contributed by atoms with E-state index in [1.165, 1.54) is 0 Å². The minimum atomic E-state index is -0.444. The maximum Gasteiger partial charge on any atom is 0.323 e. The molecule has 0 unspecified atom stereocenters. The van der Waals surface area contributed by atoms with Crippen molar-refractivity contribution in [2.45, 2.75) is 0 Å². The Morgan fingerprint density at radius 3 is 1.62 bits per heavy atom. The molecule has 204 valence electrons. The molecule has 0 radical (unpaired) electrons. The number of carbonyl (C=O) groups is 2. The van der Waals surface area contributed by atoms with Gasteiger partial charge in [-0.15, -0.1) is 24.8 Å². The van der Waals surface area contributed by atoms with Gasteiger partial charge in [-0.1, -0.05) is 35.9 Å². The van der Waals surface area contributed by atoms with Crippen LogP contribution in [0.3, 0.4) is 0 Å². The van der Waals surface area contributed by atoms with Crippen LogP contribution in [0.4, 0.5) is 32.3 Å². The minimum absolute atomic E-state index is 0. The van der Waals surface area contributed by atoms with Crippen molar-refractivity contribution in [2.75, 3.05) is 47.4 Å². The van der Waals surface area contributed by atoms with Crippen LogP contribution in [0.5, 0.6) is 0 Å². The minimum Gasteiger partial charge on any atom is -0.368 e. The molecule has 3 aromatic rings. The van der Waals surface area contributed by atoms with Crippen LogP contribution in [0.2, 0.25) is 5.02 Å².